The van der Waals surface area contributed by atoms with E-state index in [9.17, 15) is 4.79 Å². The van der Waals surface area contributed by atoms with Gasteiger partial charge in [-0.15, -0.1) is 0 Å². The Morgan fingerprint density at radius 1 is 1.47 bits per heavy atom. The Morgan fingerprint density at radius 3 is 2.73 bits per heavy atom. The van der Waals surface area contributed by atoms with Crippen LogP contribution in [-0.2, 0) is 5.41 Å². The second kappa shape index (κ2) is 2.85. The quantitative estimate of drug-likeness (QED) is 0.672. The molecule has 2 rings (SSSR count). The van der Waals surface area contributed by atoms with E-state index in [-0.39, 0.29) is 16.7 Å². The van der Waals surface area contributed by atoms with Crippen molar-refractivity contribution in [1.29, 1.82) is 0 Å². The molecule has 0 spiro atoms. The Labute approximate surface area is 86.9 Å². The lowest BCUT2D eigenvalue weighted by atomic mass is 9.93. The Morgan fingerprint density at radius 2 is 2.13 bits per heavy atom. The van der Waals surface area contributed by atoms with Gasteiger partial charge >= 0.3 is 0 Å². The summed E-state index contributed by atoms with van der Waals surface area (Å²) in [5.74, 6) is 0. The molecule has 0 aliphatic heterocycles. The van der Waals surface area contributed by atoms with E-state index in [0.717, 1.165) is 5.69 Å². The first-order chi connectivity index (χ1) is 6.89. The fourth-order valence-electron chi connectivity index (χ4n) is 1.36. The second-order valence-corrected chi connectivity index (χ2v) is 4.63. The highest BCUT2D eigenvalue weighted by molar-refractivity contribution is 5.45. The highest BCUT2D eigenvalue weighted by Crippen LogP contribution is 2.20. The minimum absolute atomic E-state index is 0.0467. The summed E-state index contributed by atoms with van der Waals surface area (Å²) in [6.07, 6.45) is 1.39. The summed E-state index contributed by atoms with van der Waals surface area (Å²) in [6, 6.07) is 1.86. The predicted molar refractivity (Wildman–Crippen MR) is 58.9 cm³/mol. The molecular weight excluding hydrogens is 192 g/mol. The first kappa shape index (κ1) is 9.76. The topological polar surface area (TPSA) is 76.2 Å². The van der Waals surface area contributed by atoms with Crippen LogP contribution in [0.4, 0.5) is 5.69 Å². The average molecular weight is 206 g/mol. The van der Waals surface area contributed by atoms with E-state index in [0.29, 0.717) is 5.65 Å². The van der Waals surface area contributed by atoms with Crippen molar-refractivity contribution in [2.75, 3.05) is 5.73 Å². The summed E-state index contributed by atoms with van der Waals surface area (Å²) in [5, 5.41) is 3.01. The molecule has 0 atom stereocenters. The number of fused-ring (bicyclic) bond motifs is 1. The summed E-state index contributed by atoms with van der Waals surface area (Å²) in [5.41, 5.74) is 6.89. The summed E-state index contributed by atoms with van der Waals surface area (Å²) in [4.78, 5) is 15.7. The van der Waals surface area contributed by atoms with Gasteiger partial charge < -0.3 is 5.73 Å². The summed E-state index contributed by atoms with van der Waals surface area (Å²) >= 11 is 0. The number of rotatable bonds is 0. The van der Waals surface area contributed by atoms with Crippen LogP contribution in [0.2, 0.25) is 0 Å². The highest BCUT2D eigenvalue weighted by atomic mass is 16.1. The maximum absolute atomic E-state index is 11.6. The van der Waals surface area contributed by atoms with Gasteiger partial charge in [-0.2, -0.15) is 4.52 Å². The molecule has 0 unspecified atom stereocenters. The number of H-pyrrole nitrogens is 1. The Bertz CT molecular complexity index is 559. The molecule has 0 aromatic carbocycles. The van der Waals surface area contributed by atoms with Crippen molar-refractivity contribution in [1.82, 2.24) is 14.6 Å². The minimum atomic E-state index is -0.254. The molecule has 5 heteroatoms. The zero-order chi connectivity index (χ0) is 11.2. The van der Waals surface area contributed by atoms with Crippen LogP contribution < -0.4 is 11.3 Å². The van der Waals surface area contributed by atoms with Gasteiger partial charge in [0.2, 0.25) is 0 Å². The fraction of sp³-hybridized carbons (Fsp3) is 0.400. The van der Waals surface area contributed by atoms with Crippen LogP contribution in [0.15, 0.2) is 17.1 Å². The molecule has 5 nitrogen and oxygen atoms in total. The molecule has 0 saturated heterocycles. The van der Waals surface area contributed by atoms with E-state index < -0.39 is 0 Å². The largest absolute Gasteiger partial charge is 0.393 e. The van der Waals surface area contributed by atoms with E-state index in [2.05, 4.69) is 30.9 Å². The molecule has 80 valence electrons. The Kier molecular flexibility index (Phi) is 1.86. The third-order valence-electron chi connectivity index (χ3n) is 2.33. The summed E-state index contributed by atoms with van der Waals surface area (Å²) in [6.45, 7) is 6.18. The molecule has 0 saturated carbocycles. The second-order valence-electron chi connectivity index (χ2n) is 4.63. The van der Waals surface area contributed by atoms with Gasteiger partial charge in [-0.1, -0.05) is 20.8 Å². The third-order valence-corrected chi connectivity index (χ3v) is 2.33. The average Bonchev–Trinajstić information content (AvgIpc) is 2.55. The molecular formula is C10H14N4O. The van der Waals surface area contributed by atoms with Crippen LogP contribution in [0.5, 0.6) is 0 Å². The molecule has 2 aromatic rings. The van der Waals surface area contributed by atoms with Gasteiger partial charge in [-0.05, 0) is 0 Å². The van der Waals surface area contributed by atoms with Crippen molar-refractivity contribution < 1.29 is 0 Å². The smallest absolute Gasteiger partial charge is 0.295 e. The Balaban J connectivity index is 2.78. The predicted octanol–water partition coefficient (Wildman–Crippen LogP) is 0.902. The number of hydrogen-bond acceptors (Lipinski definition) is 3. The van der Waals surface area contributed by atoms with Crippen LogP contribution in [-0.4, -0.2) is 14.6 Å². The van der Waals surface area contributed by atoms with E-state index in [1.165, 1.54) is 10.7 Å². The van der Waals surface area contributed by atoms with Crippen molar-refractivity contribution in [2.45, 2.75) is 26.2 Å². The van der Waals surface area contributed by atoms with Crippen LogP contribution in [0.3, 0.4) is 0 Å². The lowest BCUT2D eigenvalue weighted by molar-refractivity contribution is 0.561. The number of aromatic amines is 1. The first-order valence-corrected chi connectivity index (χ1v) is 4.76. The SMILES string of the molecule is CC(C)(C)c1cc2ncc(N)c(=O)n2[nH]1. The molecule has 0 aliphatic rings. The minimum Gasteiger partial charge on any atom is -0.393 e. The number of aromatic nitrogens is 3. The molecule has 2 aromatic heterocycles. The highest BCUT2D eigenvalue weighted by Gasteiger charge is 2.17. The normalized spacial score (nSPS) is 12.2. The number of nitrogens with two attached hydrogens (primary N) is 1. The fourth-order valence-corrected chi connectivity index (χ4v) is 1.36. The van der Waals surface area contributed by atoms with Crippen molar-refractivity contribution in [2.24, 2.45) is 0 Å². The molecule has 0 radical (unpaired) electrons. The first-order valence-electron chi connectivity index (χ1n) is 4.76. The van der Waals surface area contributed by atoms with Gasteiger partial charge in [0.05, 0.1) is 6.20 Å². The van der Waals surface area contributed by atoms with E-state index in [4.69, 9.17) is 5.73 Å². The van der Waals surface area contributed by atoms with Gasteiger partial charge in [0.15, 0.2) is 5.65 Å². The van der Waals surface area contributed by atoms with Gasteiger partial charge in [-0.25, -0.2) is 4.98 Å². The Hall–Kier alpha value is -1.78. The number of nitrogens with zero attached hydrogens (tertiary/aromatic N) is 2. The zero-order valence-corrected chi connectivity index (χ0v) is 9.03. The molecule has 0 amide bonds. The van der Waals surface area contributed by atoms with Gasteiger partial charge in [0.1, 0.15) is 5.69 Å². The van der Waals surface area contributed by atoms with Crippen LogP contribution in [0.25, 0.3) is 5.65 Å². The number of nitrogens with one attached hydrogen (secondary N) is 1. The van der Waals surface area contributed by atoms with Crippen molar-refractivity contribution in [3.63, 3.8) is 0 Å². The summed E-state index contributed by atoms with van der Waals surface area (Å²) < 4.78 is 1.37. The monoisotopic (exact) mass is 206 g/mol. The zero-order valence-electron chi connectivity index (χ0n) is 9.03. The van der Waals surface area contributed by atoms with E-state index in [1.807, 2.05) is 6.07 Å². The molecule has 3 N–H and O–H groups in total. The van der Waals surface area contributed by atoms with Gasteiger partial charge in [-0.3, -0.25) is 9.89 Å². The molecule has 15 heavy (non-hydrogen) atoms. The number of anilines is 1. The van der Waals surface area contributed by atoms with Crippen LogP contribution >= 0.6 is 0 Å². The third kappa shape index (κ3) is 1.49. The number of hydrogen-bond donors (Lipinski definition) is 2. The standard InChI is InChI=1S/C10H14N4O/c1-10(2,3)7-4-8-12-5-6(11)9(15)14(8)13-7/h4-5,13H,11H2,1-3H3. The van der Waals surface area contributed by atoms with E-state index >= 15 is 0 Å². The lowest BCUT2D eigenvalue weighted by Crippen LogP contribution is -2.19. The molecule has 0 bridgehead atoms. The van der Waals surface area contributed by atoms with E-state index in [1.54, 1.807) is 0 Å². The maximum atomic E-state index is 11.6. The van der Waals surface area contributed by atoms with Gasteiger partial charge in [0, 0.05) is 17.2 Å². The van der Waals surface area contributed by atoms with Crippen molar-refractivity contribution in [3.05, 3.63) is 28.3 Å². The number of nitrogen functional groups attached to an aromatic ring is 1. The van der Waals surface area contributed by atoms with Crippen molar-refractivity contribution in [3.8, 4) is 0 Å². The summed E-state index contributed by atoms with van der Waals surface area (Å²) in [7, 11) is 0. The van der Waals surface area contributed by atoms with Crippen LogP contribution in [0, 0.1) is 0 Å². The molecule has 0 fully saturated rings. The lowest BCUT2D eigenvalue weighted by Gasteiger charge is -2.14. The van der Waals surface area contributed by atoms with Crippen LogP contribution in [0.1, 0.15) is 26.5 Å². The molecule has 0 aliphatic carbocycles. The van der Waals surface area contributed by atoms with Gasteiger partial charge in [0.25, 0.3) is 5.56 Å². The maximum Gasteiger partial charge on any atom is 0.295 e. The van der Waals surface area contributed by atoms with Crippen molar-refractivity contribution >= 4 is 11.3 Å². The molecule has 2 heterocycles.